The molecule has 2 heterocycles. The number of aliphatic imine (C=N–C) groups is 1. The number of carbonyl (C=O) groups excluding carboxylic acids is 1. The molecule has 1 saturated carbocycles. The first-order valence-electron chi connectivity index (χ1n) is 7.96. The van der Waals surface area contributed by atoms with E-state index in [0.717, 1.165) is 58.4 Å². The first-order chi connectivity index (χ1) is 10.2. The lowest BCUT2D eigenvalue weighted by Gasteiger charge is -2.40. The average molecular weight is 289 g/mol. The van der Waals surface area contributed by atoms with Gasteiger partial charge in [-0.05, 0) is 19.4 Å². The van der Waals surface area contributed by atoms with E-state index in [0.29, 0.717) is 5.96 Å². The lowest BCUT2D eigenvalue weighted by Crippen LogP contribution is -2.59. The molecule has 6 heteroatoms. The van der Waals surface area contributed by atoms with E-state index in [2.05, 4.69) is 28.1 Å². The lowest BCUT2D eigenvalue weighted by molar-refractivity contribution is -0.124. The van der Waals surface area contributed by atoms with E-state index in [1.165, 1.54) is 0 Å². The SMILES string of the molecule is CCN1CCN(C2=NC3(CCCC3)C(C#N)C(=O)N2)CC1. The minimum atomic E-state index is -0.624. The van der Waals surface area contributed by atoms with Crippen molar-refractivity contribution in [3.63, 3.8) is 0 Å². The number of guanidine groups is 1. The molecular weight excluding hydrogens is 266 g/mol. The summed E-state index contributed by atoms with van der Waals surface area (Å²) >= 11 is 0. The van der Waals surface area contributed by atoms with Crippen molar-refractivity contribution >= 4 is 11.9 Å². The normalized spacial score (nSPS) is 29.1. The van der Waals surface area contributed by atoms with Crippen LogP contribution in [0.25, 0.3) is 0 Å². The van der Waals surface area contributed by atoms with Crippen LogP contribution >= 0.6 is 0 Å². The van der Waals surface area contributed by atoms with Crippen molar-refractivity contribution in [1.29, 1.82) is 5.26 Å². The molecular formula is C15H23N5O. The summed E-state index contributed by atoms with van der Waals surface area (Å²) < 4.78 is 0. The number of piperazine rings is 1. The molecule has 0 radical (unpaired) electrons. The summed E-state index contributed by atoms with van der Waals surface area (Å²) in [4.78, 5) is 21.7. The van der Waals surface area contributed by atoms with Gasteiger partial charge in [0.2, 0.25) is 11.9 Å². The minimum absolute atomic E-state index is 0.165. The van der Waals surface area contributed by atoms with Gasteiger partial charge in [0, 0.05) is 26.2 Å². The van der Waals surface area contributed by atoms with Crippen LogP contribution in [0.15, 0.2) is 4.99 Å². The summed E-state index contributed by atoms with van der Waals surface area (Å²) in [6.07, 6.45) is 3.84. The summed E-state index contributed by atoms with van der Waals surface area (Å²) in [5.41, 5.74) is -0.464. The molecule has 0 aromatic rings. The zero-order valence-corrected chi connectivity index (χ0v) is 12.6. The zero-order valence-electron chi connectivity index (χ0n) is 12.6. The predicted molar refractivity (Wildman–Crippen MR) is 79.6 cm³/mol. The Kier molecular flexibility index (Phi) is 3.85. The number of rotatable bonds is 1. The number of nitriles is 1. The standard InChI is InChI=1S/C15H23N5O/c1-2-19-7-9-20(10-8-19)14-17-13(21)12(11-16)15(18-14)5-3-4-6-15/h12H,2-10H2,1H3,(H,17,18,21). The van der Waals surface area contributed by atoms with Gasteiger partial charge >= 0.3 is 0 Å². The molecule has 1 amide bonds. The van der Waals surface area contributed by atoms with Crippen molar-refractivity contribution in [2.75, 3.05) is 32.7 Å². The van der Waals surface area contributed by atoms with Gasteiger partial charge in [-0.3, -0.25) is 10.1 Å². The molecule has 114 valence electrons. The van der Waals surface area contributed by atoms with Crippen molar-refractivity contribution < 1.29 is 4.79 Å². The highest BCUT2D eigenvalue weighted by Gasteiger charge is 2.49. The van der Waals surface area contributed by atoms with Crippen molar-refractivity contribution in [3.05, 3.63) is 0 Å². The maximum Gasteiger partial charge on any atom is 0.246 e. The molecule has 0 bridgehead atoms. The average Bonchev–Trinajstić information content (AvgIpc) is 2.96. The Bertz CT molecular complexity index is 481. The Hall–Kier alpha value is -1.61. The Morgan fingerprint density at radius 2 is 2.00 bits per heavy atom. The largest absolute Gasteiger partial charge is 0.340 e. The van der Waals surface area contributed by atoms with Crippen LogP contribution in [0.3, 0.4) is 0 Å². The molecule has 2 aliphatic heterocycles. The molecule has 1 saturated heterocycles. The van der Waals surface area contributed by atoms with Crippen molar-refractivity contribution in [3.8, 4) is 6.07 Å². The van der Waals surface area contributed by atoms with Gasteiger partial charge < -0.3 is 9.80 Å². The van der Waals surface area contributed by atoms with Crippen LogP contribution in [0.5, 0.6) is 0 Å². The maximum atomic E-state index is 12.3. The molecule has 0 aromatic heterocycles. The van der Waals surface area contributed by atoms with Crippen LogP contribution in [0.1, 0.15) is 32.6 Å². The zero-order chi connectivity index (χ0) is 14.9. The Balaban J connectivity index is 1.81. The minimum Gasteiger partial charge on any atom is -0.340 e. The number of amides is 1. The molecule has 1 N–H and O–H groups in total. The lowest BCUT2D eigenvalue weighted by atomic mass is 9.82. The quantitative estimate of drug-likeness (QED) is 0.766. The molecule has 1 unspecified atom stereocenters. The van der Waals surface area contributed by atoms with Crippen LogP contribution in [0.4, 0.5) is 0 Å². The summed E-state index contributed by atoms with van der Waals surface area (Å²) in [7, 11) is 0. The first kappa shape index (κ1) is 14.3. The molecule has 21 heavy (non-hydrogen) atoms. The van der Waals surface area contributed by atoms with Crippen LogP contribution in [0, 0.1) is 17.2 Å². The highest BCUT2D eigenvalue weighted by Crippen LogP contribution is 2.41. The van der Waals surface area contributed by atoms with E-state index in [4.69, 9.17) is 4.99 Å². The van der Waals surface area contributed by atoms with Gasteiger partial charge in [0.05, 0.1) is 11.6 Å². The Morgan fingerprint density at radius 1 is 1.33 bits per heavy atom. The van der Waals surface area contributed by atoms with E-state index in [1.54, 1.807) is 0 Å². The van der Waals surface area contributed by atoms with E-state index >= 15 is 0 Å². The van der Waals surface area contributed by atoms with Gasteiger partial charge in [-0.2, -0.15) is 5.26 Å². The van der Waals surface area contributed by atoms with Gasteiger partial charge in [0.25, 0.3) is 0 Å². The topological polar surface area (TPSA) is 71.7 Å². The van der Waals surface area contributed by atoms with Crippen LogP contribution in [0.2, 0.25) is 0 Å². The summed E-state index contributed by atoms with van der Waals surface area (Å²) in [6, 6.07) is 2.18. The van der Waals surface area contributed by atoms with Gasteiger partial charge in [-0.25, -0.2) is 4.99 Å². The second-order valence-corrected chi connectivity index (χ2v) is 6.22. The Morgan fingerprint density at radius 3 is 2.57 bits per heavy atom. The number of hydrogen-bond acceptors (Lipinski definition) is 5. The summed E-state index contributed by atoms with van der Waals surface area (Å²) in [5, 5.41) is 12.2. The third kappa shape index (κ3) is 2.51. The van der Waals surface area contributed by atoms with Crippen molar-refractivity contribution in [1.82, 2.24) is 15.1 Å². The summed E-state index contributed by atoms with van der Waals surface area (Å²) in [6.45, 7) is 7.01. The monoisotopic (exact) mass is 289 g/mol. The third-order valence-corrected chi connectivity index (χ3v) is 5.08. The second kappa shape index (κ2) is 5.64. The van der Waals surface area contributed by atoms with E-state index < -0.39 is 11.5 Å². The maximum absolute atomic E-state index is 12.3. The van der Waals surface area contributed by atoms with Crippen LogP contribution < -0.4 is 5.32 Å². The van der Waals surface area contributed by atoms with Crippen molar-refractivity contribution in [2.45, 2.75) is 38.1 Å². The predicted octanol–water partition coefficient (Wildman–Crippen LogP) is 0.562. The second-order valence-electron chi connectivity index (χ2n) is 6.22. The van der Waals surface area contributed by atoms with Gasteiger partial charge in [-0.1, -0.05) is 19.8 Å². The molecule has 3 aliphatic rings. The van der Waals surface area contributed by atoms with Gasteiger partial charge in [-0.15, -0.1) is 0 Å². The molecule has 0 aromatic carbocycles. The molecule has 6 nitrogen and oxygen atoms in total. The van der Waals surface area contributed by atoms with Crippen LogP contribution in [-0.4, -0.2) is 59.9 Å². The Labute approximate surface area is 125 Å². The van der Waals surface area contributed by atoms with Crippen LogP contribution in [-0.2, 0) is 4.79 Å². The third-order valence-electron chi connectivity index (χ3n) is 5.08. The van der Waals surface area contributed by atoms with E-state index in [9.17, 15) is 10.1 Å². The molecule has 1 atom stereocenters. The van der Waals surface area contributed by atoms with E-state index in [1.807, 2.05) is 0 Å². The number of carbonyl (C=O) groups is 1. The van der Waals surface area contributed by atoms with Crippen molar-refractivity contribution in [2.24, 2.45) is 10.9 Å². The fraction of sp³-hybridized carbons (Fsp3) is 0.800. The number of nitrogens with zero attached hydrogens (tertiary/aromatic N) is 4. The number of nitrogens with one attached hydrogen (secondary N) is 1. The summed E-state index contributed by atoms with van der Waals surface area (Å²) in [5.74, 6) is -0.0906. The number of hydrogen-bond donors (Lipinski definition) is 1. The van der Waals surface area contributed by atoms with E-state index in [-0.39, 0.29) is 5.91 Å². The highest BCUT2D eigenvalue weighted by molar-refractivity contribution is 6.02. The molecule has 3 rings (SSSR count). The fourth-order valence-electron chi connectivity index (χ4n) is 3.72. The molecule has 1 spiro atoms. The van der Waals surface area contributed by atoms with Gasteiger partial charge in [0.15, 0.2) is 5.92 Å². The highest BCUT2D eigenvalue weighted by atomic mass is 16.2. The smallest absolute Gasteiger partial charge is 0.246 e. The fourth-order valence-corrected chi connectivity index (χ4v) is 3.72. The first-order valence-corrected chi connectivity index (χ1v) is 7.96. The number of likely N-dealkylation sites (N-methyl/N-ethyl adjacent to an activating group) is 1. The molecule has 1 aliphatic carbocycles. The molecule has 2 fully saturated rings. The van der Waals surface area contributed by atoms with Gasteiger partial charge in [0.1, 0.15) is 0 Å².